The van der Waals surface area contributed by atoms with Crippen molar-refractivity contribution in [1.29, 1.82) is 0 Å². The van der Waals surface area contributed by atoms with Gasteiger partial charge in [0.2, 0.25) is 0 Å². The Kier molecular flexibility index (Phi) is 4.10. The van der Waals surface area contributed by atoms with Gasteiger partial charge in [0, 0.05) is 5.56 Å². The molecule has 2 aromatic carbocycles. The Morgan fingerprint density at radius 3 is 2.45 bits per heavy atom. The number of fused-ring (bicyclic) bond motifs is 1. The monoisotopic (exact) mass is 333 g/mol. The largest absolute Gasteiger partial charge is 0.501 e. The number of hydrogen-bond donors (Lipinski definition) is 0. The normalized spacial score (nSPS) is 15.3. The Morgan fingerprint density at radius 1 is 1.09 bits per heavy atom. The summed E-state index contributed by atoms with van der Waals surface area (Å²) in [5.74, 6) is -0.204. The second-order valence-corrected chi connectivity index (χ2v) is 5.53. The number of benzene rings is 2. The average Bonchev–Trinajstić information content (AvgIpc) is 2.78. The molecule has 3 rings (SSSR count). The summed E-state index contributed by atoms with van der Waals surface area (Å²) in [5, 5.41) is 0.849. The zero-order valence-electron chi connectivity index (χ0n) is 11.8. The molecule has 1 aliphatic heterocycles. The van der Waals surface area contributed by atoms with Crippen LogP contribution in [0, 0.1) is 0 Å². The molecular weight excluding hydrogens is 321 g/mol. The Morgan fingerprint density at radius 2 is 1.77 bits per heavy atom. The van der Waals surface area contributed by atoms with Gasteiger partial charge in [0.15, 0.2) is 0 Å². The summed E-state index contributed by atoms with van der Waals surface area (Å²) in [7, 11) is 0. The number of amides is 1. The SMILES string of the molecule is CCO/C=C1\C(=O)N(c2c(Cl)cccc2Cl)c2ccccc21. The molecule has 2 aromatic rings. The maximum absolute atomic E-state index is 12.8. The summed E-state index contributed by atoms with van der Waals surface area (Å²) >= 11 is 12.5. The number of ether oxygens (including phenoxy) is 1. The zero-order chi connectivity index (χ0) is 15.7. The van der Waals surface area contributed by atoms with E-state index in [9.17, 15) is 4.79 Å². The number of para-hydroxylation sites is 2. The van der Waals surface area contributed by atoms with Gasteiger partial charge in [0.1, 0.15) is 0 Å². The summed E-state index contributed by atoms with van der Waals surface area (Å²) in [6.45, 7) is 2.36. The van der Waals surface area contributed by atoms with E-state index in [0.29, 0.717) is 27.9 Å². The topological polar surface area (TPSA) is 29.5 Å². The number of carbonyl (C=O) groups excluding carboxylic acids is 1. The molecule has 0 unspecified atom stereocenters. The number of hydrogen-bond acceptors (Lipinski definition) is 2. The predicted octanol–water partition coefficient (Wildman–Crippen LogP) is 5.05. The van der Waals surface area contributed by atoms with E-state index in [2.05, 4.69) is 0 Å². The Bertz CT molecular complexity index is 751. The van der Waals surface area contributed by atoms with E-state index in [1.807, 2.05) is 31.2 Å². The highest BCUT2D eigenvalue weighted by Gasteiger charge is 2.35. The minimum atomic E-state index is -0.204. The van der Waals surface area contributed by atoms with Crippen LogP contribution >= 0.6 is 23.2 Å². The van der Waals surface area contributed by atoms with Crippen molar-refractivity contribution in [1.82, 2.24) is 0 Å². The lowest BCUT2D eigenvalue weighted by Crippen LogP contribution is -2.21. The van der Waals surface area contributed by atoms with E-state index >= 15 is 0 Å². The Hall–Kier alpha value is -1.97. The Labute approximate surface area is 138 Å². The highest BCUT2D eigenvalue weighted by atomic mass is 35.5. The summed E-state index contributed by atoms with van der Waals surface area (Å²) < 4.78 is 5.31. The molecule has 0 aliphatic carbocycles. The smallest absolute Gasteiger partial charge is 0.266 e. The van der Waals surface area contributed by atoms with E-state index in [0.717, 1.165) is 11.3 Å². The molecule has 0 saturated carbocycles. The third-order valence-corrected chi connectivity index (χ3v) is 4.01. The number of halogens is 2. The average molecular weight is 334 g/mol. The fourth-order valence-corrected chi connectivity index (χ4v) is 3.01. The molecule has 22 heavy (non-hydrogen) atoms. The van der Waals surface area contributed by atoms with Gasteiger partial charge in [-0.15, -0.1) is 0 Å². The van der Waals surface area contributed by atoms with Gasteiger partial charge < -0.3 is 4.74 Å². The molecule has 0 bridgehead atoms. The lowest BCUT2D eigenvalue weighted by molar-refractivity contribution is -0.112. The molecular formula is C17H13Cl2NO2. The van der Waals surface area contributed by atoms with Gasteiger partial charge >= 0.3 is 0 Å². The van der Waals surface area contributed by atoms with E-state index in [-0.39, 0.29) is 5.91 Å². The first-order chi connectivity index (χ1) is 10.6. The van der Waals surface area contributed by atoms with Crippen molar-refractivity contribution in [3.63, 3.8) is 0 Å². The van der Waals surface area contributed by atoms with Crippen molar-refractivity contribution in [2.45, 2.75) is 6.92 Å². The molecule has 1 amide bonds. The van der Waals surface area contributed by atoms with Crippen molar-refractivity contribution in [3.05, 3.63) is 64.3 Å². The second kappa shape index (κ2) is 6.03. The predicted molar refractivity (Wildman–Crippen MR) is 89.7 cm³/mol. The molecule has 0 spiro atoms. The zero-order valence-corrected chi connectivity index (χ0v) is 13.4. The van der Waals surface area contributed by atoms with Crippen molar-refractivity contribution >= 4 is 46.1 Å². The third-order valence-electron chi connectivity index (χ3n) is 3.40. The van der Waals surface area contributed by atoms with Gasteiger partial charge in [-0.1, -0.05) is 47.5 Å². The van der Waals surface area contributed by atoms with E-state index in [1.165, 1.54) is 11.2 Å². The molecule has 0 fully saturated rings. The van der Waals surface area contributed by atoms with Crippen LogP contribution in [0.1, 0.15) is 12.5 Å². The molecule has 112 valence electrons. The van der Waals surface area contributed by atoms with Gasteiger partial charge in [-0.2, -0.15) is 0 Å². The van der Waals surface area contributed by atoms with Crippen LogP contribution in [-0.4, -0.2) is 12.5 Å². The number of anilines is 2. The van der Waals surface area contributed by atoms with E-state index in [4.69, 9.17) is 27.9 Å². The molecule has 0 radical (unpaired) electrons. The molecule has 0 aromatic heterocycles. The number of nitrogens with zero attached hydrogens (tertiary/aromatic N) is 1. The van der Waals surface area contributed by atoms with E-state index in [1.54, 1.807) is 18.2 Å². The van der Waals surface area contributed by atoms with Crippen molar-refractivity contribution in [3.8, 4) is 0 Å². The first-order valence-electron chi connectivity index (χ1n) is 6.84. The van der Waals surface area contributed by atoms with Gasteiger partial charge in [0.25, 0.3) is 5.91 Å². The van der Waals surface area contributed by atoms with Gasteiger partial charge in [-0.3, -0.25) is 9.69 Å². The highest BCUT2D eigenvalue weighted by Crippen LogP contribution is 2.46. The summed E-state index contributed by atoms with van der Waals surface area (Å²) in [4.78, 5) is 14.4. The van der Waals surface area contributed by atoms with Crippen LogP contribution < -0.4 is 4.90 Å². The number of carbonyl (C=O) groups is 1. The molecule has 3 nitrogen and oxygen atoms in total. The maximum atomic E-state index is 12.8. The molecule has 0 saturated heterocycles. The van der Waals surface area contributed by atoms with Crippen LogP contribution in [0.3, 0.4) is 0 Å². The van der Waals surface area contributed by atoms with Gasteiger partial charge in [-0.05, 0) is 25.1 Å². The van der Waals surface area contributed by atoms with Crippen LogP contribution in [0.4, 0.5) is 11.4 Å². The standard InChI is InChI=1S/C17H13Cl2NO2/c1-2-22-10-12-11-6-3-4-9-15(11)20(17(12)21)16-13(18)7-5-8-14(16)19/h3-10H,2H2,1H3/b12-10-. The second-order valence-electron chi connectivity index (χ2n) is 4.71. The fraction of sp³-hybridized carbons (Fsp3) is 0.118. The van der Waals surface area contributed by atoms with Crippen LogP contribution in [0.2, 0.25) is 10.0 Å². The van der Waals surface area contributed by atoms with Crippen LogP contribution in [0.5, 0.6) is 0 Å². The molecule has 1 aliphatic rings. The Balaban J connectivity index is 2.20. The molecule has 1 heterocycles. The van der Waals surface area contributed by atoms with Crippen LogP contribution in [0.15, 0.2) is 48.7 Å². The van der Waals surface area contributed by atoms with Gasteiger partial charge in [0.05, 0.1) is 39.9 Å². The maximum Gasteiger partial charge on any atom is 0.266 e. The first-order valence-corrected chi connectivity index (χ1v) is 7.60. The minimum absolute atomic E-state index is 0.204. The van der Waals surface area contributed by atoms with Crippen LogP contribution in [-0.2, 0) is 9.53 Å². The van der Waals surface area contributed by atoms with Crippen molar-refractivity contribution in [2.75, 3.05) is 11.5 Å². The first kappa shape index (κ1) is 14.9. The lowest BCUT2D eigenvalue weighted by Gasteiger charge is -2.19. The highest BCUT2D eigenvalue weighted by molar-refractivity contribution is 6.43. The summed E-state index contributed by atoms with van der Waals surface area (Å²) in [6.07, 6.45) is 1.49. The van der Waals surface area contributed by atoms with E-state index < -0.39 is 0 Å². The third kappa shape index (κ3) is 2.36. The quantitative estimate of drug-likeness (QED) is 0.581. The molecule has 0 atom stereocenters. The van der Waals surface area contributed by atoms with Crippen LogP contribution in [0.25, 0.3) is 5.57 Å². The van der Waals surface area contributed by atoms with Crippen molar-refractivity contribution < 1.29 is 9.53 Å². The number of rotatable bonds is 3. The van der Waals surface area contributed by atoms with Gasteiger partial charge in [-0.25, -0.2) is 0 Å². The lowest BCUT2D eigenvalue weighted by atomic mass is 10.1. The molecule has 5 heteroatoms. The summed E-state index contributed by atoms with van der Waals surface area (Å²) in [5.41, 5.74) is 2.53. The summed E-state index contributed by atoms with van der Waals surface area (Å²) in [6, 6.07) is 12.7. The minimum Gasteiger partial charge on any atom is -0.501 e. The fourth-order valence-electron chi connectivity index (χ4n) is 2.45. The molecule has 0 N–H and O–H groups in total. The van der Waals surface area contributed by atoms with Crippen molar-refractivity contribution in [2.24, 2.45) is 0 Å².